The number of ether oxygens (including phenoxy) is 3. The van der Waals surface area contributed by atoms with E-state index in [0.29, 0.717) is 6.42 Å². The van der Waals surface area contributed by atoms with Gasteiger partial charge >= 0.3 is 25.7 Å². The van der Waals surface area contributed by atoms with Crippen LogP contribution < -0.4 is 0 Å². The smallest absolute Gasteiger partial charge is 0.465 e. The highest BCUT2D eigenvalue weighted by Gasteiger charge is 2.73. The molecule has 2 fully saturated rings. The van der Waals surface area contributed by atoms with Gasteiger partial charge in [0.15, 0.2) is 5.41 Å². The van der Waals surface area contributed by atoms with E-state index in [-0.39, 0.29) is 44.2 Å². The summed E-state index contributed by atoms with van der Waals surface area (Å²) in [4.78, 5) is 54.6. The van der Waals surface area contributed by atoms with Crippen molar-refractivity contribution in [3.8, 4) is 0 Å². The number of carbonyl (C=O) groups excluding carboxylic acids is 3. The fraction of sp³-hybridized carbons (Fsp3) is 0.706. The third-order valence-corrected chi connectivity index (χ3v) is 5.72. The van der Waals surface area contributed by atoms with E-state index >= 15 is 0 Å². The molecule has 0 saturated heterocycles. The van der Waals surface area contributed by atoms with Gasteiger partial charge in [-0.05, 0) is 39.0 Å². The lowest BCUT2D eigenvalue weighted by Crippen LogP contribution is -2.42. The zero-order valence-electron chi connectivity index (χ0n) is 15.8. The van der Waals surface area contributed by atoms with Crippen LogP contribution in [0.4, 0.5) is 0 Å². The zero-order chi connectivity index (χ0) is 21.2. The van der Waals surface area contributed by atoms with Gasteiger partial charge in [-0.1, -0.05) is 6.58 Å². The number of phosphoric ester groups is 1. The van der Waals surface area contributed by atoms with Crippen LogP contribution in [-0.4, -0.2) is 54.1 Å². The van der Waals surface area contributed by atoms with Crippen LogP contribution in [0.3, 0.4) is 0 Å². The van der Waals surface area contributed by atoms with Crippen molar-refractivity contribution in [3.05, 3.63) is 12.2 Å². The minimum absolute atomic E-state index is 0.0508. The number of hydrogen-bond donors (Lipinski definition) is 2. The molecule has 2 unspecified atom stereocenters. The Labute approximate surface area is 162 Å². The van der Waals surface area contributed by atoms with Crippen LogP contribution in [0, 0.1) is 16.7 Å². The quantitative estimate of drug-likeness (QED) is 0.132. The van der Waals surface area contributed by atoms with Crippen molar-refractivity contribution >= 4 is 25.7 Å². The standard InChI is InChI=1S/C17H25O10P/c1-4-24-14(19)17(15(20)25-5-2)9-12-8-16(12,10-17)11(3)13(18)26-6-7-27-28(21,22)23/h12H,3-10H2,1-2H3,(H2,21,22,23). The first-order valence-corrected chi connectivity index (χ1v) is 10.5. The Morgan fingerprint density at radius 3 is 2.11 bits per heavy atom. The number of phosphoric acid groups is 1. The van der Waals surface area contributed by atoms with Gasteiger partial charge in [0.05, 0.1) is 19.8 Å². The summed E-state index contributed by atoms with van der Waals surface area (Å²) in [5, 5.41) is 0. The number of fused-ring (bicyclic) bond motifs is 1. The average Bonchev–Trinajstić information content (AvgIpc) is 3.19. The third kappa shape index (κ3) is 4.46. The summed E-state index contributed by atoms with van der Waals surface area (Å²) in [5.41, 5.74) is -2.10. The molecule has 2 aliphatic carbocycles. The van der Waals surface area contributed by atoms with Crippen LogP contribution >= 0.6 is 7.82 Å². The normalized spacial score (nSPS) is 24.8. The van der Waals surface area contributed by atoms with Crippen LogP contribution in [0.5, 0.6) is 0 Å². The third-order valence-electron chi connectivity index (χ3n) is 5.20. The molecular weight excluding hydrogens is 395 g/mol. The van der Waals surface area contributed by atoms with E-state index in [9.17, 15) is 18.9 Å². The van der Waals surface area contributed by atoms with Crippen molar-refractivity contribution in [2.45, 2.75) is 33.1 Å². The van der Waals surface area contributed by atoms with E-state index < -0.39 is 43.2 Å². The van der Waals surface area contributed by atoms with Gasteiger partial charge in [-0.25, -0.2) is 9.36 Å². The van der Waals surface area contributed by atoms with Crippen molar-refractivity contribution in [2.24, 2.45) is 16.7 Å². The van der Waals surface area contributed by atoms with Gasteiger partial charge in [0.1, 0.15) is 6.61 Å². The van der Waals surface area contributed by atoms with Gasteiger partial charge in [0, 0.05) is 11.0 Å². The lowest BCUT2D eigenvalue weighted by Gasteiger charge is -2.28. The van der Waals surface area contributed by atoms with Crippen LogP contribution in [0.2, 0.25) is 0 Å². The van der Waals surface area contributed by atoms with E-state index in [0.717, 1.165) is 0 Å². The van der Waals surface area contributed by atoms with E-state index in [1.165, 1.54) is 0 Å². The predicted octanol–water partition coefficient (Wildman–Crippen LogP) is 1.11. The molecule has 0 radical (unpaired) electrons. The molecule has 11 heteroatoms. The van der Waals surface area contributed by atoms with E-state index in [4.69, 9.17) is 24.0 Å². The summed E-state index contributed by atoms with van der Waals surface area (Å²) in [6.07, 6.45) is 0.841. The lowest BCUT2D eigenvalue weighted by molar-refractivity contribution is -0.173. The lowest BCUT2D eigenvalue weighted by atomic mass is 9.79. The van der Waals surface area contributed by atoms with Gasteiger partial charge < -0.3 is 24.0 Å². The minimum atomic E-state index is -4.64. The molecule has 158 valence electrons. The summed E-state index contributed by atoms with van der Waals surface area (Å²) >= 11 is 0. The topological polar surface area (TPSA) is 146 Å². The fourth-order valence-corrected chi connectivity index (χ4v) is 4.20. The summed E-state index contributed by atoms with van der Waals surface area (Å²) in [7, 11) is -4.64. The van der Waals surface area contributed by atoms with Gasteiger partial charge in [0.2, 0.25) is 0 Å². The van der Waals surface area contributed by atoms with Crippen LogP contribution in [0.1, 0.15) is 33.1 Å². The Bertz CT molecular complexity index is 693. The molecule has 0 heterocycles. The maximum atomic E-state index is 12.5. The second-order valence-electron chi connectivity index (χ2n) is 6.90. The Morgan fingerprint density at radius 2 is 1.61 bits per heavy atom. The SMILES string of the molecule is C=C(C(=O)OCCOP(=O)(O)O)C12CC1CC(C(=O)OCC)(C(=O)OCC)C2. The molecule has 2 aliphatic rings. The van der Waals surface area contributed by atoms with Crippen molar-refractivity contribution < 1.29 is 47.5 Å². The van der Waals surface area contributed by atoms with Crippen LogP contribution in [0.15, 0.2) is 12.2 Å². The Kier molecular flexibility index (Phi) is 6.70. The zero-order valence-corrected chi connectivity index (χ0v) is 16.7. The molecule has 2 N–H and O–H groups in total. The first-order chi connectivity index (χ1) is 13.0. The molecule has 0 aromatic rings. The number of esters is 3. The highest BCUT2D eigenvalue weighted by molar-refractivity contribution is 7.46. The van der Waals surface area contributed by atoms with Gasteiger partial charge in [0.25, 0.3) is 0 Å². The largest absolute Gasteiger partial charge is 0.469 e. The molecule has 0 aromatic heterocycles. The summed E-state index contributed by atoms with van der Waals surface area (Å²) in [5.74, 6) is -2.21. The number of hydrogen-bond acceptors (Lipinski definition) is 8. The number of rotatable bonds is 10. The van der Waals surface area contributed by atoms with Crippen molar-refractivity contribution in [2.75, 3.05) is 26.4 Å². The highest BCUT2D eigenvalue weighted by atomic mass is 31.2. The van der Waals surface area contributed by atoms with Gasteiger partial charge in [-0.3, -0.25) is 14.1 Å². The summed E-state index contributed by atoms with van der Waals surface area (Å²) in [6, 6.07) is 0. The molecule has 2 rings (SSSR count). The second-order valence-corrected chi connectivity index (χ2v) is 8.14. The molecule has 0 spiro atoms. The first-order valence-electron chi connectivity index (χ1n) is 8.93. The highest BCUT2D eigenvalue weighted by Crippen LogP contribution is 2.72. The summed E-state index contributed by atoms with van der Waals surface area (Å²) in [6.45, 7) is 6.43. The van der Waals surface area contributed by atoms with Crippen molar-refractivity contribution in [1.82, 2.24) is 0 Å². The van der Waals surface area contributed by atoms with Crippen molar-refractivity contribution in [3.63, 3.8) is 0 Å². The molecule has 0 aliphatic heterocycles. The molecular formula is C17H25O10P. The predicted molar refractivity (Wildman–Crippen MR) is 93.6 cm³/mol. The number of carbonyl (C=O) groups is 3. The molecule has 2 saturated carbocycles. The summed E-state index contributed by atoms with van der Waals surface area (Å²) < 4.78 is 29.9. The maximum absolute atomic E-state index is 12.5. The van der Waals surface area contributed by atoms with E-state index in [1.807, 2.05) is 0 Å². The molecule has 10 nitrogen and oxygen atoms in total. The Balaban J connectivity index is 2.05. The molecule has 0 aromatic carbocycles. The molecule has 0 bridgehead atoms. The fourth-order valence-electron chi connectivity index (χ4n) is 3.89. The van der Waals surface area contributed by atoms with Gasteiger partial charge in [-0.15, -0.1) is 0 Å². The first kappa shape index (κ1) is 22.5. The molecule has 0 amide bonds. The molecule has 28 heavy (non-hydrogen) atoms. The average molecular weight is 420 g/mol. The second kappa shape index (κ2) is 8.32. The van der Waals surface area contributed by atoms with Crippen molar-refractivity contribution in [1.29, 1.82) is 0 Å². The Hall–Kier alpha value is -1.74. The van der Waals surface area contributed by atoms with E-state index in [2.05, 4.69) is 11.1 Å². The van der Waals surface area contributed by atoms with Crippen LogP contribution in [0.25, 0.3) is 0 Å². The van der Waals surface area contributed by atoms with Crippen LogP contribution in [-0.2, 0) is 37.7 Å². The van der Waals surface area contributed by atoms with E-state index in [1.54, 1.807) is 13.8 Å². The minimum Gasteiger partial charge on any atom is -0.465 e. The van der Waals surface area contributed by atoms with Gasteiger partial charge in [-0.2, -0.15) is 0 Å². The maximum Gasteiger partial charge on any atom is 0.469 e. The molecule has 2 atom stereocenters. The monoisotopic (exact) mass is 420 g/mol. The Morgan fingerprint density at radius 1 is 1.04 bits per heavy atom.